The van der Waals surface area contributed by atoms with Gasteiger partial charge in [0.2, 0.25) is 5.82 Å². The molecule has 0 spiro atoms. The predicted molar refractivity (Wildman–Crippen MR) is 64.3 cm³/mol. The summed E-state index contributed by atoms with van der Waals surface area (Å²) in [5, 5.41) is 18.1. The maximum atomic E-state index is 11.0. The van der Waals surface area contributed by atoms with E-state index < -0.39 is 4.92 Å². The van der Waals surface area contributed by atoms with Crippen LogP contribution in [0.5, 0.6) is 0 Å². The van der Waals surface area contributed by atoms with Crippen LogP contribution in [0.2, 0.25) is 0 Å². The highest BCUT2D eigenvalue weighted by Gasteiger charge is 2.24. The number of ether oxygens (including phenoxy) is 1. The molecule has 0 aliphatic carbocycles. The highest BCUT2D eigenvalue weighted by atomic mass is 16.6. The van der Waals surface area contributed by atoms with E-state index in [2.05, 4.69) is 10.4 Å². The number of aromatic nitrogens is 2. The summed E-state index contributed by atoms with van der Waals surface area (Å²) in [4.78, 5) is 10.6. The monoisotopic (exact) mass is 242 g/mol. The molecule has 1 aromatic heterocycles. The summed E-state index contributed by atoms with van der Waals surface area (Å²) in [7, 11) is 1.60. The molecule has 1 N–H and O–H groups in total. The number of nitrogens with one attached hydrogen (secondary N) is 1. The predicted octanol–water partition coefficient (Wildman–Crippen LogP) is 1.57. The first-order valence-electron chi connectivity index (χ1n) is 5.49. The molecule has 1 rings (SSSR count). The maximum absolute atomic E-state index is 11.0. The van der Waals surface area contributed by atoms with Crippen molar-refractivity contribution in [3.63, 3.8) is 0 Å². The van der Waals surface area contributed by atoms with Gasteiger partial charge in [0.05, 0.1) is 11.0 Å². The minimum atomic E-state index is -0.408. The lowest BCUT2D eigenvalue weighted by molar-refractivity contribution is -0.384. The Morgan fingerprint density at radius 3 is 2.76 bits per heavy atom. The van der Waals surface area contributed by atoms with Crippen molar-refractivity contribution in [2.24, 2.45) is 0 Å². The lowest BCUT2D eigenvalue weighted by Crippen LogP contribution is -2.20. The first-order chi connectivity index (χ1) is 8.01. The van der Waals surface area contributed by atoms with Gasteiger partial charge in [0.1, 0.15) is 5.69 Å². The Bertz CT molecular complexity index is 403. The third-order valence-corrected chi connectivity index (χ3v) is 2.54. The molecule has 96 valence electrons. The van der Waals surface area contributed by atoms with E-state index in [1.54, 1.807) is 18.7 Å². The van der Waals surface area contributed by atoms with Gasteiger partial charge >= 0.3 is 5.69 Å². The molecule has 0 aromatic carbocycles. The van der Waals surface area contributed by atoms with Crippen LogP contribution in [0.15, 0.2) is 0 Å². The zero-order valence-electron chi connectivity index (χ0n) is 10.6. The van der Waals surface area contributed by atoms with E-state index in [1.165, 1.54) is 0 Å². The average Bonchev–Trinajstić information content (AvgIpc) is 2.62. The molecular weight excluding hydrogens is 224 g/mol. The molecule has 1 aromatic rings. The van der Waals surface area contributed by atoms with Crippen LogP contribution < -0.4 is 5.32 Å². The molecule has 0 amide bonds. The van der Waals surface area contributed by atoms with Crippen LogP contribution in [0.3, 0.4) is 0 Å². The maximum Gasteiger partial charge on any atom is 0.333 e. The Morgan fingerprint density at radius 2 is 2.29 bits per heavy atom. The number of aryl methyl sites for hydroxylation is 2. The lowest BCUT2D eigenvalue weighted by Gasteiger charge is -2.12. The first kappa shape index (κ1) is 13.4. The summed E-state index contributed by atoms with van der Waals surface area (Å²) in [5.74, 6) is 0.443. The van der Waals surface area contributed by atoms with Gasteiger partial charge in [-0.3, -0.25) is 10.1 Å². The van der Waals surface area contributed by atoms with Crippen molar-refractivity contribution in [3.8, 4) is 0 Å². The molecule has 0 aliphatic heterocycles. The summed E-state index contributed by atoms with van der Waals surface area (Å²) in [6.45, 7) is 6.50. The molecule has 0 bridgehead atoms. The highest BCUT2D eigenvalue weighted by molar-refractivity contribution is 5.59. The van der Waals surface area contributed by atoms with Crippen LogP contribution in [-0.2, 0) is 11.3 Å². The van der Waals surface area contributed by atoms with Crippen LogP contribution >= 0.6 is 0 Å². The first-order valence-corrected chi connectivity index (χ1v) is 5.49. The Hall–Kier alpha value is -1.63. The molecule has 1 heterocycles. The average molecular weight is 242 g/mol. The van der Waals surface area contributed by atoms with E-state index in [0.29, 0.717) is 24.6 Å². The fraction of sp³-hybridized carbons (Fsp3) is 0.700. The van der Waals surface area contributed by atoms with Crippen molar-refractivity contribution < 1.29 is 9.66 Å². The third kappa shape index (κ3) is 2.94. The summed E-state index contributed by atoms with van der Waals surface area (Å²) in [6.07, 6.45) is -0.0184. The molecule has 1 unspecified atom stereocenters. The number of anilines is 1. The molecule has 0 fully saturated rings. The van der Waals surface area contributed by atoms with Crippen LogP contribution in [0.1, 0.15) is 19.5 Å². The number of hydrogen-bond donors (Lipinski definition) is 1. The van der Waals surface area contributed by atoms with Crippen molar-refractivity contribution in [1.29, 1.82) is 0 Å². The number of hydrogen-bond acceptors (Lipinski definition) is 5. The van der Waals surface area contributed by atoms with E-state index >= 15 is 0 Å². The van der Waals surface area contributed by atoms with E-state index in [4.69, 9.17) is 4.74 Å². The van der Waals surface area contributed by atoms with Crippen LogP contribution in [0.4, 0.5) is 11.5 Å². The zero-order chi connectivity index (χ0) is 13.0. The van der Waals surface area contributed by atoms with Crippen LogP contribution in [-0.4, -0.2) is 34.5 Å². The summed E-state index contributed by atoms with van der Waals surface area (Å²) in [6, 6.07) is 0. The van der Waals surface area contributed by atoms with Crippen molar-refractivity contribution in [1.82, 2.24) is 9.78 Å². The lowest BCUT2D eigenvalue weighted by atomic mass is 10.3. The normalized spacial score (nSPS) is 12.5. The zero-order valence-corrected chi connectivity index (χ0v) is 10.6. The van der Waals surface area contributed by atoms with Gasteiger partial charge in [-0.15, -0.1) is 0 Å². The molecule has 7 heteroatoms. The van der Waals surface area contributed by atoms with Gasteiger partial charge in [0.15, 0.2) is 0 Å². The third-order valence-electron chi connectivity index (χ3n) is 2.54. The van der Waals surface area contributed by atoms with E-state index in [9.17, 15) is 10.1 Å². The molecule has 7 nitrogen and oxygen atoms in total. The Morgan fingerprint density at radius 1 is 1.65 bits per heavy atom. The molecule has 0 saturated carbocycles. The van der Waals surface area contributed by atoms with Gasteiger partial charge in [0.25, 0.3) is 0 Å². The summed E-state index contributed by atoms with van der Waals surface area (Å²) < 4.78 is 6.68. The minimum Gasteiger partial charge on any atom is -0.380 e. The molecule has 0 saturated heterocycles. The SMILES string of the molecule is CCn1nc(C)c([N+](=O)[O-])c1NCC(C)OC. The molecule has 1 atom stereocenters. The van der Waals surface area contributed by atoms with Gasteiger partial charge in [-0.05, 0) is 20.8 Å². The van der Waals surface area contributed by atoms with Gasteiger partial charge in [-0.2, -0.15) is 5.10 Å². The molecule has 0 radical (unpaired) electrons. The largest absolute Gasteiger partial charge is 0.380 e. The van der Waals surface area contributed by atoms with Gasteiger partial charge in [-0.1, -0.05) is 0 Å². The fourth-order valence-corrected chi connectivity index (χ4v) is 1.52. The van der Waals surface area contributed by atoms with Crippen molar-refractivity contribution in [2.75, 3.05) is 19.0 Å². The quantitative estimate of drug-likeness (QED) is 0.604. The molecule has 17 heavy (non-hydrogen) atoms. The van der Waals surface area contributed by atoms with Crippen molar-refractivity contribution in [3.05, 3.63) is 15.8 Å². The molecular formula is C10H18N4O3. The topological polar surface area (TPSA) is 82.2 Å². The fourth-order valence-electron chi connectivity index (χ4n) is 1.52. The van der Waals surface area contributed by atoms with Crippen LogP contribution in [0.25, 0.3) is 0 Å². The van der Waals surface area contributed by atoms with Gasteiger partial charge < -0.3 is 10.1 Å². The van der Waals surface area contributed by atoms with E-state index in [-0.39, 0.29) is 11.8 Å². The number of nitrogens with zero attached hydrogens (tertiary/aromatic N) is 3. The second-order valence-corrected chi connectivity index (χ2v) is 3.78. The standard InChI is InChI=1S/C10H18N4O3/c1-5-13-10(11-6-7(2)17-4)9(14(15)16)8(3)12-13/h7,11H,5-6H2,1-4H3. The van der Waals surface area contributed by atoms with Crippen molar-refractivity contribution in [2.45, 2.75) is 33.4 Å². The van der Waals surface area contributed by atoms with Gasteiger partial charge in [-0.25, -0.2) is 4.68 Å². The Labute approximate surface area is 99.9 Å². The molecule has 0 aliphatic rings. The Kier molecular flexibility index (Phi) is 4.45. The second kappa shape index (κ2) is 5.62. The minimum absolute atomic E-state index is 0.0184. The smallest absolute Gasteiger partial charge is 0.333 e. The van der Waals surface area contributed by atoms with E-state index in [0.717, 1.165) is 0 Å². The summed E-state index contributed by atoms with van der Waals surface area (Å²) >= 11 is 0. The number of methoxy groups -OCH3 is 1. The van der Waals surface area contributed by atoms with Crippen molar-refractivity contribution >= 4 is 11.5 Å². The van der Waals surface area contributed by atoms with E-state index in [1.807, 2.05) is 13.8 Å². The Balaban J connectivity index is 2.98. The second-order valence-electron chi connectivity index (χ2n) is 3.78. The number of rotatable bonds is 6. The number of nitro groups is 1. The summed E-state index contributed by atoms with van der Waals surface area (Å²) in [5.41, 5.74) is 0.458. The van der Waals surface area contributed by atoms with Crippen LogP contribution in [0, 0.1) is 17.0 Å². The highest BCUT2D eigenvalue weighted by Crippen LogP contribution is 2.27. The van der Waals surface area contributed by atoms with Gasteiger partial charge in [0, 0.05) is 20.2 Å².